The van der Waals surface area contributed by atoms with E-state index in [1.165, 1.54) is 0 Å². The number of hydrogen-bond donors (Lipinski definition) is 1. The largest absolute Gasteiger partial charge is 1.00 e. The van der Waals surface area contributed by atoms with Gasteiger partial charge in [-0.15, -0.1) is 0 Å². The summed E-state index contributed by atoms with van der Waals surface area (Å²) in [7, 11) is 0. The van der Waals surface area contributed by atoms with E-state index in [2.05, 4.69) is 5.32 Å². The van der Waals surface area contributed by atoms with Gasteiger partial charge in [0.2, 0.25) is 5.91 Å². The summed E-state index contributed by atoms with van der Waals surface area (Å²) in [6, 6.07) is 6.85. The molecule has 0 radical (unpaired) electrons. The Bertz CT molecular complexity index is 788. The van der Waals surface area contributed by atoms with Crippen LogP contribution in [0.5, 0.6) is 0 Å². The van der Waals surface area contributed by atoms with Crippen LogP contribution < -0.4 is 40.0 Å². The minimum Gasteiger partial charge on any atom is -0.550 e. The normalized spacial score (nSPS) is 28.1. The minimum atomic E-state index is -1.17. The van der Waals surface area contributed by atoms with Crippen molar-refractivity contribution < 1.29 is 49.0 Å². The number of carbonyl (C=O) groups is 3. The number of nitrogens with zero attached hydrogens (tertiary/aromatic N) is 1. The average Bonchev–Trinajstić information content (AvgIpc) is 3.37. The van der Waals surface area contributed by atoms with Gasteiger partial charge in [0, 0.05) is 36.2 Å². The average molecular weight is 376 g/mol. The fraction of sp³-hybridized carbons (Fsp3) is 0.450. The number of aliphatic carboxylic acids is 1. The number of carboxylic acid groups (broad SMARTS) is 1. The molecule has 1 aromatic rings. The zero-order valence-electron chi connectivity index (χ0n) is 15.4. The van der Waals surface area contributed by atoms with Crippen molar-refractivity contribution in [3.05, 3.63) is 42.0 Å². The Morgan fingerprint density at radius 1 is 1.04 bits per heavy atom. The molecule has 3 aliphatic rings. The number of carbonyl (C=O) groups excluding carboxylic acids is 3. The molecule has 6 nitrogen and oxygen atoms in total. The van der Waals surface area contributed by atoms with Gasteiger partial charge in [0.1, 0.15) is 0 Å². The summed E-state index contributed by atoms with van der Waals surface area (Å²) < 4.78 is 0. The molecule has 7 heteroatoms. The van der Waals surface area contributed by atoms with Crippen LogP contribution in [0.15, 0.2) is 36.4 Å². The number of hydrogen-bond acceptors (Lipinski definition) is 4. The third-order valence-electron chi connectivity index (χ3n) is 5.80. The van der Waals surface area contributed by atoms with Crippen molar-refractivity contribution in [1.82, 2.24) is 4.90 Å². The van der Waals surface area contributed by atoms with Gasteiger partial charge in [-0.3, -0.25) is 9.59 Å². The van der Waals surface area contributed by atoms with Gasteiger partial charge in [-0.2, -0.15) is 0 Å². The molecule has 1 saturated heterocycles. The van der Waals surface area contributed by atoms with Crippen LogP contribution >= 0.6 is 0 Å². The summed E-state index contributed by atoms with van der Waals surface area (Å²) in [5.74, 6) is -3.09. The predicted molar refractivity (Wildman–Crippen MR) is 92.9 cm³/mol. The van der Waals surface area contributed by atoms with E-state index in [0.717, 1.165) is 25.9 Å². The van der Waals surface area contributed by atoms with Crippen LogP contribution in [0.4, 0.5) is 5.69 Å². The summed E-state index contributed by atoms with van der Waals surface area (Å²) in [5.41, 5.74) is 1.05. The van der Waals surface area contributed by atoms with E-state index in [1.54, 1.807) is 24.3 Å². The molecular weight excluding hydrogens is 355 g/mol. The Morgan fingerprint density at radius 3 is 2.37 bits per heavy atom. The molecule has 2 aliphatic carbocycles. The molecule has 1 aromatic carbocycles. The van der Waals surface area contributed by atoms with Gasteiger partial charge in [-0.25, -0.2) is 0 Å². The molecule has 4 atom stereocenters. The number of benzene rings is 1. The SMILES string of the molecule is O=C([O-])[C@@H]1[C@H](C(=O)Nc2cccc(C(=O)N3CCCC3)c2)[C@@H]2C=C[C@H]1C2.[Na+]. The monoisotopic (exact) mass is 376 g/mol. The minimum absolute atomic E-state index is 0. The van der Waals surface area contributed by atoms with Crippen molar-refractivity contribution in [1.29, 1.82) is 0 Å². The summed E-state index contributed by atoms with van der Waals surface area (Å²) in [5, 5.41) is 14.3. The summed E-state index contributed by atoms with van der Waals surface area (Å²) in [4.78, 5) is 38.5. The first-order chi connectivity index (χ1) is 12.5. The van der Waals surface area contributed by atoms with Crippen LogP contribution in [-0.2, 0) is 9.59 Å². The van der Waals surface area contributed by atoms with Crippen LogP contribution in [0.3, 0.4) is 0 Å². The maximum atomic E-state index is 12.7. The number of allylic oxidation sites excluding steroid dienone is 2. The van der Waals surface area contributed by atoms with Crippen LogP contribution in [-0.4, -0.2) is 35.8 Å². The second-order valence-electron chi connectivity index (χ2n) is 7.39. The smallest absolute Gasteiger partial charge is 0.550 e. The topological polar surface area (TPSA) is 89.5 Å². The maximum Gasteiger partial charge on any atom is 1.00 e. The number of amides is 2. The molecule has 0 unspecified atom stereocenters. The van der Waals surface area contributed by atoms with E-state index in [1.807, 2.05) is 17.1 Å². The zero-order chi connectivity index (χ0) is 18.3. The third-order valence-corrected chi connectivity index (χ3v) is 5.80. The number of fused-ring (bicyclic) bond motifs is 2. The van der Waals surface area contributed by atoms with E-state index in [0.29, 0.717) is 17.7 Å². The zero-order valence-corrected chi connectivity index (χ0v) is 17.4. The summed E-state index contributed by atoms with van der Waals surface area (Å²) in [6.07, 6.45) is 6.53. The van der Waals surface area contributed by atoms with E-state index in [9.17, 15) is 19.5 Å². The summed E-state index contributed by atoms with van der Waals surface area (Å²) >= 11 is 0. The number of anilines is 1. The first kappa shape index (κ1) is 20.1. The van der Waals surface area contributed by atoms with Crippen molar-refractivity contribution in [3.8, 4) is 0 Å². The fourth-order valence-electron chi connectivity index (χ4n) is 4.56. The molecule has 0 spiro atoms. The van der Waals surface area contributed by atoms with Gasteiger partial charge in [0.05, 0.1) is 5.92 Å². The Morgan fingerprint density at radius 2 is 1.70 bits per heavy atom. The van der Waals surface area contributed by atoms with E-state index < -0.39 is 17.8 Å². The van der Waals surface area contributed by atoms with Crippen LogP contribution in [0.2, 0.25) is 0 Å². The molecule has 2 fully saturated rings. The molecular formula is C20H21N2NaO4. The third kappa shape index (κ3) is 3.84. The molecule has 4 rings (SSSR count). The molecule has 2 amide bonds. The first-order valence-corrected chi connectivity index (χ1v) is 9.14. The Kier molecular flexibility index (Phi) is 6.08. The number of carboxylic acids is 1. The van der Waals surface area contributed by atoms with Crippen molar-refractivity contribution in [2.45, 2.75) is 19.3 Å². The van der Waals surface area contributed by atoms with Crippen molar-refractivity contribution in [3.63, 3.8) is 0 Å². The van der Waals surface area contributed by atoms with Crippen molar-refractivity contribution in [2.75, 3.05) is 18.4 Å². The quantitative estimate of drug-likeness (QED) is 0.489. The Balaban J connectivity index is 0.00000210. The van der Waals surface area contributed by atoms with Gasteiger partial charge in [0.25, 0.3) is 5.91 Å². The fourth-order valence-corrected chi connectivity index (χ4v) is 4.56. The molecule has 1 heterocycles. The molecule has 1 saturated carbocycles. The maximum absolute atomic E-state index is 12.7. The number of nitrogens with one attached hydrogen (secondary N) is 1. The van der Waals surface area contributed by atoms with Gasteiger partial charge in [0.15, 0.2) is 0 Å². The van der Waals surface area contributed by atoms with Crippen molar-refractivity contribution in [2.24, 2.45) is 23.7 Å². The van der Waals surface area contributed by atoms with Gasteiger partial charge < -0.3 is 20.1 Å². The molecule has 2 bridgehead atoms. The van der Waals surface area contributed by atoms with Gasteiger partial charge >= 0.3 is 29.6 Å². The van der Waals surface area contributed by atoms with Gasteiger partial charge in [-0.05, 0) is 49.3 Å². The molecule has 1 aliphatic heterocycles. The van der Waals surface area contributed by atoms with E-state index >= 15 is 0 Å². The molecule has 0 aromatic heterocycles. The molecule has 27 heavy (non-hydrogen) atoms. The molecule has 1 N–H and O–H groups in total. The Labute approximate surface area is 180 Å². The van der Waals surface area contributed by atoms with Gasteiger partial charge in [-0.1, -0.05) is 18.2 Å². The second-order valence-corrected chi connectivity index (χ2v) is 7.39. The van der Waals surface area contributed by atoms with E-state index in [-0.39, 0.29) is 53.2 Å². The first-order valence-electron chi connectivity index (χ1n) is 9.14. The second kappa shape index (κ2) is 8.17. The predicted octanol–water partition coefficient (Wildman–Crippen LogP) is -1.95. The van der Waals surface area contributed by atoms with Crippen LogP contribution in [0.1, 0.15) is 29.6 Å². The van der Waals surface area contributed by atoms with E-state index in [4.69, 9.17) is 0 Å². The van der Waals surface area contributed by atoms with Crippen LogP contribution in [0.25, 0.3) is 0 Å². The molecule has 136 valence electrons. The standard InChI is InChI=1S/C20H22N2O4.Na/c23-18(16-12-6-7-13(10-12)17(16)20(25)26)21-15-5-3-4-14(11-15)19(24)22-8-1-2-9-22;/h3-7,11-13,16-17H,1-2,8-10H2,(H,21,23)(H,25,26);/q;+1/p-1/t12-,13+,16-,17+;/m1./s1. The van der Waals surface area contributed by atoms with Crippen molar-refractivity contribution >= 4 is 23.5 Å². The number of rotatable bonds is 4. The number of likely N-dealkylation sites (tertiary alicyclic amines) is 1. The van der Waals surface area contributed by atoms with Crippen LogP contribution in [0, 0.1) is 23.7 Å². The Hall–Kier alpha value is -1.63. The summed E-state index contributed by atoms with van der Waals surface area (Å²) in [6.45, 7) is 1.53.